The first-order valence-electron chi connectivity index (χ1n) is 9.26. The van der Waals surface area contributed by atoms with Crippen molar-refractivity contribution in [2.24, 2.45) is 0 Å². The summed E-state index contributed by atoms with van der Waals surface area (Å²) in [6.45, 7) is 5.89. The van der Waals surface area contributed by atoms with Crippen LogP contribution in [-0.4, -0.2) is 38.9 Å². The van der Waals surface area contributed by atoms with Crippen molar-refractivity contribution in [3.63, 3.8) is 0 Å². The van der Waals surface area contributed by atoms with Gasteiger partial charge in [0.25, 0.3) is 0 Å². The molecule has 0 aromatic heterocycles. The summed E-state index contributed by atoms with van der Waals surface area (Å²) in [6.07, 6.45) is 1.09. The van der Waals surface area contributed by atoms with E-state index in [1.807, 2.05) is 6.07 Å². The Balaban J connectivity index is 1.96. The van der Waals surface area contributed by atoms with Gasteiger partial charge < -0.3 is 5.32 Å². The maximum absolute atomic E-state index is 12.6. The minimum Gasteiger partial charge on any atom is -0.353 e. The summed E-state index contributed by atoms with van der Waals surface area (Å²) in [7, 11) is -3.67. The fraction of sp³-hybridized carbons (Fsp3) is 0.381. The summed E-state index contributed by atoms with van der Waals surface area (Å²) >= 11 is 7.77. The van der Waals surface area contributed by atoms with E-state index in [4.69, 9.17) is 11.6 Å². The van der Waals surface area contributed by atoms with Gasteiger partial charge in [-0.25, -0.2) is 8.42 Å². The summed E-state index contributed by atoms with van der Waals surface area (Å²) in [5.41, 5.74) is 3.61. The standard InChI is InChI=1S/C21H27ClN2O3S2/c1-15-6-5-7-18(12-15)14-28-11-10-23-21(25)17(3)24(29(4,26)27)20-13-19(22)9-8-16(20)2/h5-9,12-13,17H,10-11,14H2,1-4H3,(H,23,25)/t17-/m0/s1. The van der Waals surface area contributed by atoms with E-state index in [2.05, 4.69) is 30.4 Å². The molecule has 0 unspecified atom stereocenters. The van der Waals surface area contributed by atoms with Gasteiger partial charge in [0.1, 0.15) is 6.04 Å². The van der Waals surface area contributed by atoms with Gasteiger partial charge in [0.05, 0.1) is 11.9 Å². The van der Waals surface area contributed by atoms with E-state index in [-0.39, 0.29) is 5.91 Å². The maximum Gasteiger partial charge on any atom is 0.243 e. The molecule has 0 fully saturated rings. The van der Waals surface area contributed by atoms with Crippen LogP contribution in [0, 0.1) is 13.8 Å². The number of benzene rings is 2. The fourth-order valence-corrected chi connectivity index (χ4v) is 5.18. The minimum atomic E-state index is -3.67. The summed E-state index contributed by atoms with van der Waals surface area (Å²) in [4.78, 5) is 12.6. The number of carbonyl (C=O) groups is 1. The molecule has 0 heterocycles. The third-order valence-electron chi connectivity index (χ3n) is 4.39. The van der Waals surface area contributed by atoms with Crippen molar-refractivity contribution in [2.75, 3.05) is 22.9 Å². The Morgan fingerprint density at radius 1 is 1.21 bits per heavy atom. The summed E-state index contributed by atoms with van der Waals surface area (Å²) in [5, 5.41) is 3.25. The van der Waals surface area contributed by atoms with Gasteiger partial charge in [0.15, 0.2) is 0 Å². The van der Waals surface area contributed by atoms with E-state index in [1.54, 1.807) is 43.8 Å². The number of amides is 1. The number of nitrogens with zero attached hydrogens (tertiary/aromatic N) is 1. The number of carbonyl (C=O) groups excluding carboxylic acids is 1. The first-order valence-corrected chi connectivity index (χ1v) is 12.6. The van der Waals surface area contributed by atoms with Crippen molar-refractivity contribution < 1.29 is 13.2 Å². The Morgan fingerprint density at radius 3 is 2.59 bits per heavy atom. The lowest BCUT2D eigenvalue weighted by Gasteiger charge is -2.29. The molecular weight excluding hydrogens is 428 g/mol. The number of nitrogens with one attached hydrogen (secondary N) is 1. The van der Waals surface area contributed by atoms with E-state index in [1.165, 1.54) is 11.1 Å². The smallest absolute Gasteiger partial charge is 0.243 e. The maximum atomic E-state index is 12.6. The van der Waals surface area contributed by atoms with Gasteiger partial charge in [-0.2, -0.15) is 11.8 Å². The highest BCUT2D eigenvalue weighted by Gasteiger charge is 2.30. The van der Waals surface area contributed by atoms with E-state index in [9.17, 15) is 13.2 Å². The normalized spacial score (nSPS) is 12.4. The molecule has 0 saturated heterocycles. The van der Waals surface area contributed by atoms with Crippen molar-refractivity contribution in [3.05, 3.63) is 64.2 Å². The molecule has 0 bridgehead atoms. The lowest BCUT2D eigenvalue weighted by atomic mass is 10.2. The van der Waals surface area contributed by atoms with Crippen LogP contribution in [0.4, 0.5) is 5.69 Å². The number of halogens is 1. The Hall–Kier alpha value is -1.70. The van der Waals surface area contributed by atoms with Gasteiger partial charge in [-0.3, -0.25) is 9.10 Å². The molecule has 2 aromatic carbocycles. The number of hydrogen-bond acceptors (Lipinski definition) is 4. The number of aryl methyl sites for hydroxylation is 2. The molecule has 158 valence electrons. The van der Waals surface area contributed by atoms with E-state index in [0.717, 1.165) is 27.6 Å². The molecule has 0 saturated carbocycles. The average Bonchev–Trinajstić information content (AvgIpc) is 2.63. The zero-order valence-corrected chi connectivity index (χ0v) is 19.5. The molecule has 2 aromatic rings. The SMILES string of the molecule is Cc1cccc(CSCCNC(=O)[C@H](C)N(c2cc(Cl)ccc2C)S(C)(=O)=O)c1. The Bertz CT molecular complexity index is 964. The Kier molecular flexibility index (Phi) is 8.43. The number of anilines is 1. The lowest BCUT2D eigenvalue weighted by molar-refractivity contribution is -0.121. The van der Waals surface area contributed by atoms with Crippen LogP contribution in [0.15, 0.2) is 42.5 Å². The van der Waals surface area contributed by atoms with Crippen molar-refractivity contribution in [1.82, 2.24) is 5.32 Å². The highest BCUT2D eigenvalue weighted by molar-refractivity contribution is 7.98. The number of sulfonamides is 1. The summed E-state index contributed by atoms with van der Waals surface area (Å²) in [5.74, 6) is 1.26. The number of rotatable bonds is 9. The third-order valence-corrected chi connectivity index (χ3v) is 6.89. The molecule has 0 radical (unpaired) electrons. The molecule has 1 atom stereocenters. The topological polar surface area (TPSA) is 66.5 Å². The van der Waals surface area contributed by atoms with Crippen molar-refractivity contribution in [3.8, 4) is 0 Å². The first-order chi connectivity index (χ1) is 13.6. The highest BCUT2D eigenvalue weighted by Crippen LogP contribution is 2.28. The van der Waals surface area contributed by atoms with Gasteiger partial charge in [-0.1, -0.05) is 47.5 Å². The van der Waals surface area contributed by atoms with Crippen molar-refractivity contribution >= 4 is 45.0 Å². The molecule has 0 spiro atoms. The van der Waals surface area contributed by atoms with Gasteiger partial charge in [0.2, 0.25) is 15.9 Å². The second-order valence-electron chi connectivity index (χ2n) is 7.00. The van der Waals surface area contributed by atoms with Crippen LogP contribution in [0.3, 0.4) is 0 Å². The molecule has 1 amide bonds. The van der Waals surface area contributed by atoms with Gasteiger partial charge in [-0.15, -0.1) is 0 Å². The van der Waals surface area contributed by atoms with E-state index < -0.39 is 16.1 Å². The zero-order chi connectivity index (χ0) is 21.6. The molecular formula is C21H27ClN2O3S2. The first kappa shape index (κ1) is 23.6. The molecule has 0 aliphatic carbocycles. The van der Waals surface area contributed by atoms with Crippen LogP contribution in [0.1, 0.15) is 23.6 Å². The van der Waals surface area contributed by atoms with Crippen LogP contribution in [-0.2, 0) is 20.6 Å². The van der Waals surface area contributed by atoms with Gasteiger partial charge in [-0.05, 0) is 44.0 Å². The van der Waals surface area contributed by atoms with E-state index >= 15 is 0 Å². The molecule has 1 N–H and O–H groups in total. The van der Waals surface area contributed by atoms with Crippen LogP contribution in [0.5, 0.6) is 0 Å². The molecule has 29 heavy (non-hydrogen) atoms. The average molecular weight is 455 g/mol. The highest BCUT2D eigenvalue weighted by atomic mass is 35.5. The van der Waals surface area contributed by atoms with E-state index in [0.29, 0.717) is 17.3 Å². The molecule has 2 rings (SSSR count). The van der Waals surface area contributed by atoms with Crippen LogP contribution in [0.2, 0.25) is 5.02 Å². The Morgan fingerprint density at radius 2 is 1.93 bits per heavy atom. The van der Waals surface area contributed by atoms with Crippen molar-refractivity contribution in [1.29, 1.82) is 0 Å². The molecule has 8 heteroatoms. The fourth-order valence-electron chi connectivity index (χ4n) is 2.99. The molecule has 5 nitrogen and oxygen atoms in total. The Labute approximate surface area is 182 Å². The molecule has 0 aliphatic heterocycles. The summed E-state index contributed by atoms with van der Waals surface area (Å²) in [6, 6.07) is 12.4. The second kappa shape index (κ2) is 10.4. The van der Waals surface area contributed by atoms with Crippen LogP contribution < -0.4 is 9.62 Å². The third kappa shape index (κ3) is 6.94. The van der Waals surface area contributed by atoms with Gasteiger partial charge >= 0.3 is 0 Å². The number of hydrogen-bond donors (Lipinski definition) is 1. The van der Waals surface area contributed by atoms with Gasteiger partial charge in [0, 0.05) is 23.1 Å². The lowest BCUT2D eigenvalue weighted by Crippen LogP contribution is -2.48. The molecule has 0 aliphatic rings. The van der Waals surface area contributed by atoms with Crippen LogP contribution in [0.25, 0.3) is 0 Å². The zero-order valence-electron chi connectivity index (χ0n) is 17.1. The monoisotopic (exact) mass is 454 g/mol. The number of thioether (sulfide) groups is 1. The summed E-state index contributed by atoms with van der Waals surface area (Å²) < 4.78 is 25.9. The van der Waals surface area contributed by atoms with Crippen molar-refractivity contribution in [2.45, 2.75) is 32.6 Å². The quantitative estimate of drug-likeness (QED) is 0.577. The largest absolute Gasteiger partial charge is 0.353 e. The second-order valence-corrected chi connectivity index (χ2v) is 10.4. The predicted octanol–water partition coefficient (Wildman–Crippen LogP) is 4.16. The predicted molar refractivity (Wildman–Crippen MR) is 123 cm³/mol. The van der Waals surface area contributed by atoms with Crippen LogP contribution >= 0.6 is 23.4 Å². The minimum absolute atomic E-state index is 0.342.